The Morgan fingerprint density at radius 3 is 2.70 bits per heavy atom. The molecule has 1 aromatic rings. The SMILES string of the molecule is CC(=O)Nc1cc2c(cc1C)C(=O)N(C1CCC(=O)NC1=O)C2. The molecule has 3 rings (SSSR count). The molecule has 2 N–H and O–H groups in total. The van der Waals surface area contributed by atoms with Gasteiger partial charge in [-0.2, -0.15) is 0 Å². The number of anilines is 1. The topological polar surface area (TPSA) is 95.6 Å². The molecule has 2 heterocycles. The van der Waals surface area contributed by atoms with Gasteiger partial charge in [0.25, 0.3) is 5.91 Å². The first kappa shape index (κ1) is 15.2. The molecular weight excluding hydrogens is 298 g/mol. The summed E-state index contributed by atoms with van der Waals surface area (Å²) in [7, 11) is 0. The van der Waals surface area contributed by atoms with Crippen molar-refractivity contribution in [1.29, 1.82) is 0 Å². The van der Waals surface area contributed by atoms with Crippen LogP contribution in [0.15, 0.2) is 12.1 Å². The van der Waals surface area contributed by atoms with E-state index in [2.05, 4.69) is 10.6 Å². The zero-order valence-corrected chi connectivity index (χ0v) is 12.9. The molecule has 0 bridgehead atoms. The molecular formula is C16H17N3O4. The van der Waals surface area contributed by atoms with Crippen molar-refractivity contribution < 1.29 is 19.2 Å². The molecule has 2 aliphatic heterocycles. The molecule has 1 saturated heterocycles. The van der Waals surface area contributed by atoms with Gasteiger partial charge in [-0.3, -0.25) is 24.5 Å². The smallest absolute Gasteiger partial charge is 0.255 e. The minimum absolute atomic E-state index is 0.181. The highest BCUT2D eigenvalue weighted by Crippen LogP contribution is 2.31. The predicted molar refractivity (Wildman–Crippen MR) is 81.5 cm³/mol. The highest BCUT2D eigenvalue weighted by atomic mass is 16.2. The zero-order chi connectivity index (χ0) is 16.7. The van der Waals surface area contributed by atoms with Crippen molar-refractivity contribution in [3.8, 4) is 0 Å². The first-order chi connectivity index (χ1) is 10.9. The standard InChI is InChI=1S/C16H17N3O4/c1-8-5-11-10(6-12(8)17-9(2)20)7-19(16(11)23)13-3-4-14(21)18-15(13)22/h5-6,13H,3-4,7H2,1-2H3,(H,17,20)(H,18,21,22). The lowest BCUT2D eigenvalue weighted by Crippen LogP contribution is -2.52. The Bertz CT molecular complexity index is 741. The number of hydrogen-bond acceptors (Lipinski definition) is 4. The number of imide groups is 1. The summed E-state index contributed by atoms with van der Waals surface area (Å²) in [5.74, 6) is -1.13. The number of carbonyl (C=O) groups excluding carboxylic acids is 4. The molecule has 0 spiro atoms. The molecule has 7 heteroatoms. The second-order valence-corrected chi connectivity index (χ2v) is 5.91. The summed E-state index contributed by atoms with van der Waals surface area (Å²) in [5, 5.41) is 5.01. The number of piperidine rings is 1. The predicted octanol–water partition coefficient (Wildman–Crippen LogP) is 0.714. The lowest BCUT2D eigenvalue weighted by molar-refractivity contribution is -0.136. The fourth-order valence-electron chi connectivity index (χ4n) is 3.05. The average Bonchev–Trinajstić information content (AvgIpc) is 2.76. The number of rotatable bonds is 2. The molecule has 1 aromatic carbocycles. The number of aryl methyl sites for hydroxylation is 1. The molecule has 23 heavy (non-hydrogen) atoms. The van der Waals surface area contributed by atoms with E-state index in [9.17, 15) is 19.2 Å². The number of fused-ring (bicyclic) bond motifs is 1. The molecule has 4 amide bonds. The first-order valence-corrected chi connectivity index (χ1v) is 7.42. The van der Waals surface area contributed by atoms with Crippen LogP contribution in [-0.4, -0.2) is 34.6 Å². The summed E-state index contributed by atoms with van der Waals surface area (Å²) in [4.78, 5) is 48.5. The monoisotopic (exact) mass is 315 g/mol. The molecule has 0 aromatic heterocycles. The van der Waals surface area contributed by atoms with Gasteiger partial charge in [-0.15, -0.1) is 0 Å². The molecule has 0 saturated carbocycles. The van der Waals surface area contributed by atoms with E-state index in [0.717, 1.165) is 11.1 Å². The number of nitrogens with one attached hydrogen (secondary N) is 2. The Morgan fingerprint density at radius 1 is 1.30 bits per heavy atom. The largest absolute Gasteiger partial charge is 0.326 e. The maximum atomic E-state index is 12.6. The van der Waals surface area contributed by atoms with E-state index in [-0.39, 0.29) is 24.1 Å². The molecule has 1 atom stereocenters. The first-order valence-electron chi connectivity index (χ1n) is 7.42. The maximum Gasteiger partial charge on any atom is 0.255 e. The summed E-state index contributed by atoms with van der Waals surface area (Å²) in [6, 6.07) is 2.88. The number of benzene rings is 1. The Morgan fingerprint density at radius 2 is 2.04 bits per heavy atom. The quantitative estimate of drug-likeness (QED) is 0.786. The van der Waals surface area contributed by atoms with Gasteiger partial charge in [0.15, 0.2) is 0 Å². The van der Waals surface area contributed by atoms with Crippen molar-refractivity contribution in [3.05, 3.63) is 28.8 Å². The minimum Gasteiger partial charge on any atom is -0.326 e. The van der Waals surface area contributed by atoms with Crippen LogP contribution in [0.25, 0.3) is 0 Å². The number of amides is 4. The van der Waals surface area contributed by atoms with Crippen LogP contribution in [-0.2, 0) is 20.9 Å². The van der Waals surface area contributed by atoms with E-state index >= 15 is 0 Å². The zero-order valence-electron chi connectivity index (χ0n) is 12.9. The summed E-state index contributed by atoms with van der Waals surface area (Å²) in [6.07, 6.45) is 0.564. The molecule has 2 aliphatic rings. The van der Waals surface area contributed by atoms with Gasteiger partial charge < -0.3 is 10.2 Å². The summed E-state index contributed by atoms with van der Waals surface area (Å²) >= 11 is 0. The van der Waals surface area contributed by atoms with Crippen molar-refractivity contribution in [2.45, 2.75) is 39.3 Å². The molecule has 0 radical (unpaired) electrons. The number of hydrogen-bond donors (Lipinski definition) is 2. The van der Waals surface area contributed by atoms with Gasteiger partial charge in [-0.05, 0) is 36.6 Å². The Balaban J connectivity index is 1.88. The third-order valence-corrected chi connectivity index (χ3v) is 4.18. The maximum absolute atomic E-state index is 12.6. The third kappa shape index (κ3) is 2.69. The fraction of sp³-hybridized carbons (Fsp3) is 0.375. The molecule has 7 nitrogen and oxygen atoms in total. The normalized spacial score (nSPS) is 20.3. The van der Waals surface area contributed by atoms with E-state index in [1.807, 2.05) is 6.92 Å². The van der Waals surface area contributed by atoms with E-state index in [1.54, 1.807) is 12.1 Å². The van der Waals surface area contributed by atoms with Gasteiger partial charge in [0.2, 0.25) is 17.7 Å². The van der Waals surface area contributed by atoms with E-state index in [4.69, 9.17) is 0 Å². The lowest BCUT2D eigenvalue weighted by Gasteiger charge is -2.29. The van der Waals surface area contributed by atoms with Gasteiger partial charge in [0, 0.05) is 31.1 Å². The Hall–Kier alpha value is -2.70. The van der Waals surface area contributed by atoms with E-state index in [0.29, 0.717) is 24.2 Å². The highest BCUT2D eigenvalue weighted by Gasteiger charge is 2.39. The molecule has 1 fully saturated rings. The van der Waals surface area contributed by atoms with Crippen molar-refractivity contribution in [1.82, 2.24) is 10.2 Å². The second kappa shape index (κ2) is 5.49. The van der Waals surface area contributed by atoms with E-state index < -0.39 is 11.9 Å². The third-order valence-electron chi connectivity index (χ3n) is 4.18. The molecule has 0 aliphatic carbocycles. The Labute approximate surface area is 133 Å². The van der Waals surface area contributed by atoms with Gasteiger partial charge >= 0.3 is 0 Å². The van der Waals surface area contributed by atoms with Crippen LogP contribution in [0, 0.1) is 6.92 Å². The lowest BCUT2D eigenvalue weighted by atomic mass is 10.0. The van der Waals surface area contributed by atoms with Crippen LogP contribution >= 0.6 is 0 Å². The Kier molecular flexibility index (Phi) is 3.63. The molecule has 120 valence electrons. The van der Waals surface area contributed by atoms with Crippen molar-refractivity contribution in [2.24, 2.45) is 0 Å². The highest BCUT2D eigenvalue weighted by molar-refractivity contribution is 6.06. The summed E-state index contributed by atoms with van der Waals surface area (Å²) < 4.78 is 0. The summed E-state index contributed by atoms with van der Waals surface area (Å²) in [5.41, 5.74) is 2.77. The van der Waals surface area contributed by atoms with Crippen LogP contribution in [0.2, 0.25) is 0 Å². The van der Waals surface area contributed by atoms with Crippen molar-refractivity contribution >= 4 is 29.3 Å². The van der Waals surface area contributed by atoms with Crippen LogP contribution in [0.1, 0.15) is 41.3 Å². The molecule has 1 unspecified atom stereocenters. The second-order valence-electron chi connectivity index (χ2n) is 5.91. The van der Waals surface area contributed by atoms with Gasteiger partial charge in [0.1, 0.15) is 6.04 Å². The average molecular weight is 315 g/mol. The van der Waals surface area contributed by atoms with Gasteiger partial charge in [0.05, 0.1) is 0 Å². The van der Waals surface area contributed by atoms with E-state index in [1.165, 1.54) is 11.8 Å². The minimum atomic E-state index is -0.628. The van der Waals surface area contributed by atoms with Gasteiger partial charge in [-0.25, -0.2) is 0 Å². The van der Waals surface area contributed by atoms with Crippen LogP contribution in [0.3, 0.4) is 0 Å². The van der Waals surface area contributed by atoms with Crippen molar-refractivity contribution in [2.75, 3.05) is 5.32 Å². The van der Waals surface area contributed by atoms with Crippen LogP contribution in [0.5, 0.6) is 0 Å². The number of nitrogens with zero attached hydrogens (tertiary/aromatic N) is 1. The van der Waals surface area contributed by atoms with Crippen LogP contribution in [0.4, 0.5) is 5.69 Å². The van der Waals surface area contributed by atoms with Gasteiger partial charge in [-0.1, -0.05) is 0 Å². The summed E-state index contributed by atoms with van der Waals surface area (Å²) in [6.45, 7) is 3.54. The van der Waals surface area contributed by atoms with Crippen molar-refractivity contribution in [3.63, 3.8) is 0 Å². The van der Waals surface area contributed by atoms with Crippen LogP contribution < -0.4 is 10.6 Å². The fourth-order valence-corrected chi connectivity index (χ4v) is 3.05. The number of carbonyl (C=O) groups is 4.